The van der Waals surface area contributed by atoms with Crippen molar-refractivity contribution >= 4 is 0 Å². The lowest BCUT2D eigenvalue weighted by Crippen LogP contribution is -2.46. The van der Waals surface area contributed by atoms with E-state index in [0.29, 0.717) is 0 Å². The SMILES string of the molecule is CC(C)N1CCCC1.CC(C)N1CCCCC1.CC(C)N1CCCCCC1.CC(C)N1CCNCC1. The van der Waals surface area contributed by atoms with Crippen molar-refractivity contribution in [3.8, 4) is 0 Å². The Morgan fingerprint density at radius 1 is 0.333 bits per heavy atom. The molecule has 0 spiro atoms. The quantitative estimate of drug-likeness (QED) is 0.505. The first-order valence-corrected chi connectivity index (χ1v) is 15.9. The van der Waals surface area contributed by atoms with E-state index in [2.05, 4.69) is 80.3 Å². The zero-order valence-corrected chi connectivity index (χ0v) is 26.0. The van der Waals surface area contributed by atoms with Crippen LogP contribution in [0.15, 0.2) is 0 Å². The van der Waals surface area contributed by atoms with Gasteiger partial charge < -0.3 is 20.0 Å². The van der Waals surface area contributed by atoms with E-state index >= 15 is 0 Å². The molecule has 4 fully saturated rings. The van der Waals surface area contributed by atoms with Crippen molar-refractivity contribution in [2.75, 3.05) is 65.4 Å². The second-order valence-electron chi connectivity index (χ2n) is 12.5. The maximum atomic E-state index is 3.33. The fourth-order valence-corrected chi connectivity index (χ4v) is 5.50. The highest BCUT2D eigenvalue weighted by Crippen LogP contribution is 2.12. The largest absolute Gasteiger partial charge is 0.314 e. The van der Waals surface area contributed by atoms with Gasteiger partial charge in [0.1, 0.15) is 0 Å². The van der Waals surface area contributed by atoms with Crippen LogP contribution in [0.25, 0.3) is 0 Å². The molecule has 1 N–H and O–H groups in total. The van der Waals surface area contributed by atoms with Gasteiger partial charge in [0.2, 0.25) is 0 Å². The Balaban J connectivity index is 0.000000241. The van der Waals surface area contributed by atoms with Gasteiger partial charge in [-0.1, -0.05) is 19.3 Å². The molecule has 0 radical (unpaired) electrons. The van der Waals surface area contributed by atoms with Gasteiger partial charge in [-0.2, -0.15) is 0 Å². The van der Waals surface area contributed by atoms with Crippen molar-refractivity contribution in [1.29, 1.82) is 0 Å². The molecule has 0 bridgehead atoms. The highest BCUT2D eigenvalue weighted by atomic mass is 15.2. The van der Waals surface area contributed by atoms with Crippen LogP contribution in [-0.2, 0) is 0 Å². The summed E-state index contributed by atoms with van der Waals surface area (Å²) in [5.41, 5.74) is 0. The minimum absolute atomic E-state index is 0.729. The third kappa shape index (κ3) is 15.9. The standard InChI is InChI=1S/C9H19N.C8H17N.C7H16N2.C7H15N/c1-9(2)10-7-5-3-4-6-8-10;1-8(2)9-6-4-3-5-7-9;1-7(2)9-5-3-8-4-6-9;1-7(2)8-5-3-4-6-8/h9H,3-8H2,1-2H3;8H,3-7H2,1-2H3;7-8H,3-6H2,1-2H3;7H,3-6H2,1-2H3. The van der Waals surface area contributed by atoms with Crippen LogP contribution in [0.4, 0.5) is 0 Å². The molecule has 0 aromatic heterocycles. The number of nitrogens with zero attached hydrogens (tertiary/aromatic N) is 4. The summed E-state index contributed by atoms with van der Waals surface area (Å²) in [4.78, 5) is 10.2. The number of rotatable bonds is 4. The molecular formula is C31H67N5. The van der Waals surface area contributed by atoms with Gasteiger partial charge in [-0.25, -0.2) is 0 Å². The summed E-state index contributed by atoms with van der Waals surface area (Å²) in [7, 11) is 0. The lowest BCUT2D eigenvalue weighted by Gasteiger charge is -2.30. The molecule has 0 aliphatic carbocycles. The van der Waals surface area contributed by atoms with E-state index in [1.165, 1.54) is 110 Å². The Morgan fingerprint density at radius 2 is 0.556 bits per heavy atom. The average Bonchev–Trinajstić information content (AvgIpc) is 3.29. The average molecular weight is 510 g/mol. The molecule has 5 nitrogen and oxygen atoms in total. The van der Waals surface area contributed by atoms with Gasteiger partial charge in [-0.15, -0.1) is 0 Å². The first-order valence-electron chi connectivity index (χ1n) is 15.9. The first kappa shape index (κ1) is 33.8. The predicted octanol–water partition coefficient (Wildman–Crippen LogP) is 5.94. The molecular weight excluding hydrogens is 442 g/mol. The smallest absolute Gasteiger partial charge is 0.0110 e. The zero-order valence-electron chi connectivity index (χ0n) is 26.0. The van der Waals surface area contributed by atoms with Crippen LogP contribution >= 0.6 is 0 Å². The number of hydrogen-bond donors (Lipinski definition) is 1. The Morgan fingerprint density at radius 3 is 0.806 bits per heavy atom. The van der Waals surface area contributed by atoms with Crippen molar-refractivity contribution in [3.05, 3.63) is 0 Å². The fraction of sp³-hybridized carbons (Fsp3) is 1.00. The van der Waals surface area contributed by atoms with Crippen molar-refractivity contribution in [3.63, 3.8) is 0 Å². The molecule has 0 saturated carbocycles. The summed E-state index contributed by atoms with van der Waals surface area (Å²) in [5, 5.41) is 3.33. The molecule has 0 atom stereocenters. The monoisotopic (exact) mass is 510 g/mol. The maximum Gasteiger partial charge on any atom is 0.0110 e. The second-order valence-corrected chi connectivity index (χ2v) is 12.5. The highest BCUT2D eigenvalue weighted by molar-refractivity contribution is 4.71. The van der Waals surface area contributed by atoms with Gasteiger partial charge in [0, 0.05) is 50.3 Å². The molecule has 4 heterocycles. The van der Waals surface area contributed by atoms with Crippen LogP contribution in [0.5, 0.6) is 0 Å². The van der Waals surface area contributed by atoms with Gasteiger partial charge >= 0.3 is 0 Å². The fourth-order valence-electron chi connectivity index (χ4n) is 5.50. The lowest BCUT2D eigenvalue weighted by atomic mass is 10.1. The van der Waals surface area contributed by atoms with Crippen LogP contribution in [0.1, 0.15) is 113 Å². The van der Waals surface area contributed by atoms with E-state index in [1.807, 2.05) is 0 Å². The Hall–Kier alpha value is -0.200. The van der Waals surface area contributed by atoms with E-state index in [1.54, 1.807) is 0 Å². The van der Waals surface area contributed by atoms with E-state index in [0.717, 1.165) is 37.3 Å². The summed E-state index contributed by atoms with van der Waals surface area (Å²) in [5.74, 6) is 0. The molecule has 0 amide bonds. The van der Waals surface area contributed by atoms with E-state index in [4.69, 9.17) is 0 Å². The molecule has 5 heteroatoms. The Labute approximate surface area is 227 Å². The van der Waals surface area contributed by atoms with Crippen LogP contribution in [0.2, 0.25) is 0 Å². The first-order chi connectivity index (χ1) is 17.2. The van der Waals surface area contributed by atoms with Gasteiger partial charge in [-0.05, 0) is 133 Å². The summed E-state index contributed by atoms with van der Waals surface area (Å²) in [6.07, 6.45) is 12.8. The van der Waals surface area contributed by atoms with Gasteiger partial charge in [-0.3, -0.25) is 4.90 Å². The number of piperidine rings is 1. The summed E-state index contributed by atoms with van der Waals surface area (Å²) >= 11 is 0. The Kier molecular flexibility index (Phi) is 19.5. The van der Waals surface area contributed by atoms with Crippen LogP contribution in [-0.4, -0.2) is 109 Å². The molecule has 4 saturated heterocycles. The number of hydrogen-bond acceptors (Lipinski definition) is 5. The van der Waals surface area contributed by atoms with E-state index in [9.17, 15) is 0 Å². The molecule has 0 unspecified atom stereocenters. The van der Waals surface area contributed by atoms with Crippen LogP contribution in [0, 0.1) is 0 Å². The minimum atomic E-state index is 0.729. The molecule has 216 valence electrons. The number of likely N-dealkylation sites (tertiary alicyclic amines) is 3. The Bertz CT molecular complexity index is 445. The number of piperazine rings is 1. The number of nitrogens with one attached hydrogen (secondary N) is 1. The summed E-state index contributed by atoms with van der Waals surface area (Å²) < 4.78 is 0. The lowest BCUT2D eigenvalue weighted by molar-refractivity contribution is 0.185. The minimum Gasteiger partial charge on any atom is -0.314 e. The van der Waals surface area contributed by atoms with Crippen molar-refractivity contribution in [2.45, 2.75) is 137 Å². The van der Waals surface area contributed by atoms with Crippen molar-refractivity contribution in [2.24, 2.45) is 0 Å². The molecule has 4 rings (SSSR count). The van der Waals surface area contributed by atoms with E-state index in [-0.39, 0.29) is 0 Å². The molecule has 0 aromatic carbocycles. The van der Waals surface area contributed by atoms with Crippen LogP contribution < -0.4 is 5.32 Å². The zero-order chi connectivity index (χ0) is 26.8. The maximum absolute atomic E-state index is 3.33. The molecule has 4 aliphatic rings. The normalized spacial score (nSPS) is 23.0. The third-order valence-corrected chi connectivity index (χ3v) is 8.24. The van der Waals surface area contributed by atoms with Gasteiger partial charge in [0.15, 0.2) is 0 Å². The van der Waals surface area contributed by atoms with Gasteiger partial charge in [0.25, 0.3) is 0 Å². The van der Waals surface area contributed by atoms with Crippen molar-refractivity contribution in [1.82, 2.24) is 24.9 Å². The molecule has 0 aromatic rings. The second kappa shape index (κ2) is 20.7. The summed E-state index contributed by atoms with van der Waals surface area (Å²) in [6.45, 7) is 31.0. The van der Waals surface area contributed by atoms with E-state index < -0.39 is 0 Å². The topological polar surface area (TPSA) is 25.0 Å². The van der Waals surface area contributed by atoms with Crippen molar-refractivity contribution < 1.29 is 0 Å². The highest BCUT2D eigenvalue weighted by Gasteiger charge is 2.14. The third-order valence-electron chi connectivity index (χ3n) is 8.24. The van der Waals surface area contributed by atoms with Gasteiger partial charge in [0.05, 0.1) is 0 Å². The van der Waals surface area contributed by atoms with Crippen LogP contribution in [0.3, 0.4) is 0 Å². The predicted molar refractivity (Wildman–Crippen MR) is 161 cm³/mol. The summed E-state index contributed by atoms with van der Waals surface area (Å²) in [6, 6.07) is 3.04. The molecule has 36 heavy (non-hydrogen) atoms. The molecule has 4 aliphatic heterocycles.